The van der Waals surface area contributed by atoms with Crippen molar-refractivity contribution in [3.8, 4) is 6.07 Å². The van der Waals surface area contributed by atoms with Crippen LogP contribution in [0.25, 0.3) is 0 Å². The third-order valence-electron chi connectivity index (χ3n) is 2.78. The van der Waals surface area contributed by atoms with Crippen LogP contribution in [0.1, 0.15) is 18.5 Å². The van der Waals surface area contributed by atoms with Crippen LogP contribution in [0.4, 0.5) is 9.18 Å². The molecule has 2 atom stereocenters. The summed E-state index contributed by atoms with van der Waals surface area (Å²) in [5, 5.41) is 11.8. The molecule has 1 aliphatic rings. The first kappa shape index (κ1) is 12.7. The molecule has 0 aliphatic carbocycles. The molecule has 4 nitrogen and oxygen atoms in total. The van der Waals surface area contributed by atoms with Crippen molar-refractivity contribution in [2.24, 2.45) is 10.9 Å². The lowest BCUT2D eigenvalue weighted by Gasteiger charge is -2.26. The predicted octanol–water partition coefficient (Wildman–Crippen LogP) is 2.95. The minimum absolute atomic E-state index is 0.297. The fourth-order valence-corrected chi connectivity index (χ4v) is 2.27. The van der Waals surface area contributed by atoms with Crippen LogP contribution in [0.3, 0.4) is 0 Å². The number of rotatable bonds is 1. The number of carbonyl (C=O) groups excluding carboxylic acids is 1. The summed E-state index contributed by atoms with van der Waals surface area (Å²) in [4.78, 5) is 15.1. The fraction of sp³-hybridized carbons (Fsp3) is 0.250. The number of hydrogen-bond donors (Lipinski definition) is 1. The van der Waals surface area contributed by atoms with E-state index < -0.39 is 18.0 Å². The number of nitriles is 1. The second-order valence-electron chi connectivity index (χ2n) is 3.96. The Bertz CT molecular complexity index is 579. The Morgan fingerprint density at radius 2 is 2.28 bits per heavy atom. The number of aliphatic imine (C=N–C) groups is 1. The van der Waals surface area contributed by atoms with Gasteiger partial charge in [-0.15, -0.1) is 0 Å². The van der Waals surface area contributed by atoms with Crippen LogP contribution in [0.5, 0.6) is 0 Å². The first-order valence-corrected chi connectivity index (χ1v) is 6.02. The second-order valence-corrected chi connectivity index (χ2v) is 4.81. The van der Waals surface area contributed by atoms with Crippen LogP contribution in [0, 0.1) is 23.1 Å². The van der Waals surface area contributed by atoms with Crippen molar-refractivity contribution in [2.75, 3.05) is 0 Å². The molecule has 0 bridgehead atoms. The van der Waals surface area contributed by atoms with E-state index in [1.54, 1.807) is 19.1 Å². The van der Waals surface area contributed by atoms with Crippen LogP contribution >= 0.6 is 15.9 Å². The first-order valence-electron chi connectivity index (χ1n) is 5.23. The van der Waals surface area contributed by atoms with Gasteiger partial charge in [-0.2, -0.15) is 5.26 Å². The van der Waals surface area contributed by atoms with Gasteiger partial charge < -0.3 is 5.32 Å². The molecule has 1 heterocycles. The predicted molar refractivity (Wildman–Crippen MR) is 67.6 cm³/mol. The maximum absolute atomic E-state index is 13.2. The molecule has 18 heavy (non-hydrogen) atoms. The van der Waals surface area contributed by atoms with Crippen molar-refractivity contribution in [1.29, 1.82) is 5.26 Å². The van der Waals surface area contributed by atoms with Gasteiger partial charge in [-0.05, 0) is 40.5 Å². The van der Waals surface area contributed by atoms with Gasteiger partial charge in [0.05, 0.1) is 16.6 Å². The summed E-state index contributed by atoms with van der Waals surface area (Å²) < 4.78 is 13.5. The van der Waals surface area contributed by atoms with Crippen LogP contribution in [0.2, 0.25) is 0 Å². The maximum Gasteiger partial charge on any atom is 0.341 e. The van der Waals surface area contributed by atoms with Gasteiger partial charge in [0.15, 0.2) is 0 Å². The highest BCUT2D eigenvalue weighted by molar-refractivity contribution is 9.10. The van der Waals surface area contributed by atoms with E-state index in [2.05, 4.69) is 32.3 Å². The van der Waals surface area contributed by atoms with Gasteiger partial charge in [0, 0.05) is 5.71 Å². The summed E-state index contributed by atoms with van der Waals surface area (Å²) in [5.74, 6) is -0.931. The molecule has 1 N–H and O–H groups in total. The highest BCUT2D eigenvalue weighted by atomic mass is 79.9. The van der Waals surface area contributed by atoms with Gasteiger partial charge in [-0.3, -0.25) is 0 Å². The zero-order chi connectivity index (χ0) is 13.3. The van der Waals surface area contributed by atoms with Crippen LogP contribution in [-0.4, -0.2) is 11.7 Å². The monoisotopic (exact) mass is 309 g/mol. The van der Waals surface area contributed by atoms with E-state index in [4.69, 9.17) is 5.26 Å². The van der Waals surface area contributed by atoms with Crippen LogP contribution in [0.15, 0.2) is 27.7 Å². The Balaban J connectivity index is 2.43. The van der Waals surface area contributed by atoms with E-state index in [0.717, 1.165) is 0 Å². The molecule has 0 saturated heterocycles. The number of nitrogens with zero attached hydrogens (tertiary/aromatic N) is 2. The number of amides is 2. The van der Waals surface area contributed by atoms with Crippen molar-refractivity contribution in [1.82, 2.24) is 5.32 Å². The summed E-state index contributed by atoms with van der Waals surface area (Å²) in [6, 6.07) is 5.52. The Morgan fingerprint density at radius 3 is 2.89 bits per heavy atom. The summed E-state index contributed by atoms with van der Waals surface area (Å²) in [6.07, 6.45) is 0. The van der Waals surface area contributed by atoms with E-state index in [-0.39, 0.29) is 5.82 Å². The summed E-state index contributed by atoms with van der Waals surface area (Å²) in [5.41, 5.74) is 1.13. The third kappa shape index (κ3) is 2.27. The van der Waals surface area contributed by atoms with E-state index in [1.807, 2.05) is 0 Å². The van der Waals surface area contributed by atoms with Crippen molar-refractivity contribution < 1.29 is 9.18 Å². The van der Waals surface area contributed by atoms with Crippen molar-refractivity contribution >= 4 is 27.7 Å². The van der Waals surface area contributed by atoms with Gasteiger partial charge in [0.25, 0.3) is 0 Å². The van der Waals surface area contributed by atoms with Crippen molar-refractivity contribution in [2.45, 2.75) is 13.0 Å². The largest absolute Gasteiger partial charge is 0.341 e. The molecule has 0 radical (unpaired) electrons. The van der Waals surface area contributed by atoms with Gasteiger partial charge >= 0.3 is 6.03 Å². The molecular weight excluding hydrogens is 301 g/mol. The maximum atomic E-state index is 13.2. The van der Waals surface area contributed by atoms with E-state index >= 15 is 0 Å². The number of nitrogens with one attached hydrogen (secondary N) is 1. The minimum Gasteiger partial charge on any atom is -0.328 e. The minimum atomic E-state index is -0.542. The number of benzene rings is 1. The highest BCUT2D eigenvalue weighted by Crippen LogP contribution is 2.29. The Kier molecular flexibility index (Phi) is 3.43. The number of halogens is 2. The van der Waals surface area contributed by atoms with Gasteiger partial charge in [-0.1, -0.05) is 6.07 Å². The topological polar surface area (TPSA) is 65.2 Å². The molecule has 0 saturated carbocycles. The normalized spacial score (nSPS) is 23.0. The Morgan fingerprint density at radius 1 is 1.56 bits per heavy atom. The Hall–Kier alpha value is -1.74. The van der Waals surface area contributed by atoms with Gasteiger partial charge in [0.1, 0.15) is 11.7 Å². The molecule has 0 aromatic heterocycles. The summed E-state index contributed by atoms with van der Waals surface area (Å²) in [6.45, 7) is 1.64. The molecule has 1 aromatic rings. The molecular formula is C12H9BrFN3O. The van der Waals surface area contributed by atoms with Crippen molar-refractivity contribution in [3.05, 3.63) is 34.1 Å². The molecule has 0 fully saturated rings. The lowest BCUT2D eigenvalue weighted by molar-refractivity contribution is 0.242. The SMILES string of the molecule is CC1=NC(=O)NC(c2ccc(F)c(Br)c2)C1C#N. The van der Waals surface area contributed by atoms with E-state index in [0.29, 0.717) is 15.7 Å². The number of urea groups is 1. The molecule has 92 valence electrons. The zero-order valence-corrected chi connectivity index (χ0v) is 11.0. The highest BCUT2D eigenvalue weighted by Gasteiger charge is 2.31. The summed E-state index contributed by atoms with van der Waals surface area (Å²) in [7, 11) is 0. The lowest BCUT2D eigenvalue weighted by Crippen LogP contribution is -2.39. The van der Waals surface area contributed by atoms with Crippen molar-refractivity contribution in [3.63, 3.8) is 0 Å². The molecule has 1 aliphatic heterocycles. The molecule has 0 spiro atoms. The smallest absolute Gasteiger partial charge is 0.328 e. The quantitative estimate of drug-likeness (QED) is 0.866. The van der Waals surface area contributed by atoms with Crippen LogP contribution < -0.4 is 5.32 Å². The molecule has 2 amide bonds. The third-order valence-corrected chi connectivity index (χ3v) is 3.39. The number of carbonyl (C=O) groups is 1. The van der Waals surface area contributed by atoms with Gasteiger partial charge in [-0.25, -0.2) is 14.2 Å². The number of hydrogen-bond acceptors (Lipinski definition) is 2. The molecule has 1 aromatic carbocycles. The lowest BCUT2D eigenvalue weighted by atomic mass is 9.89. The summed E-state index contributed by atoms with van der Waals surface area (Å²) >= 11 is 3.08. The van der Waals surface area contributed by atoms with E-state index in [9.17, 15) is 9.18 Å². The first-order chi connectivity index (χ1) is 8.52. The zero-order valence-electron chi connectivity index (χ0n) is 9.45. The molecule has 2 unspecified atom stereocenters. The molecule has 6 heteroatoms. The van der Waals surface area contributed by atoms with E-state index in [1.165, 1.54) is 6.07 Å². The second kappa shape index (κ2) is 4.86. The fourth-order valence-electron chi connectivity index (χ4n) is 1.87. The van der Waals surface area contributed by atoms with Crippen LogP contribution in [-0.2, 0) is 0 Å². The Labute approximate surface area is 112 Å². The molecule has 2 rings (SSSR count). The average Bonchev–Trinajstić information content (AvgIpc) is 2.32. The average molecular weight is 310 g/mol. The van der Waals surface area contributed by atoms with Gasteiger partial charge in [0.2, 0.25) is 0 Å². The standard InChI is InChI=1S/C12H9BrFN3O/c1-6-8(5-15)11(17-12(18)16-6)7-2-3-10(14)9(13)4-7/h2-4,8,11H,1H3,(H,17,18).